The maximum atomic E-state index is 13.6. The van der Waals surface area contributed by atoms with Crippen molar-refractivity contribution < 1.29 is 19.7 Å². The second-order valence-corrected chi connectivity index (χ2v) is 9.46. The summed E-state index contributed by atoms with van der Waals surface area (Å²) in [5, 5.41) is 24.8. The number of aromatic hydroxyl groups is 1. The van der Waals surface area contributed by atoms with E-state index in [1.165, 1.54) is 0 Å². The maximum absolute atomic E-state index is 13.6. The Morgan fingerprint density at radius 1 is 1.11 bits per heavy atom. The number of aromatic nitrogens is 2. The molecule has 5 rings (SSSR count). The third-order valence-corrected chi connectivity index (χ3v) is 6.88. The number of amides is 1. The van der Waals surface area contributed by atoms with Crippen LogP contribution in [0.4, 0.5) is 0 Å². The number of β-amino-alcohol motifs (C(OH)–C–C–N with tert-alkyl or cyclic N) is 1. The summed E-state index contributed by atoms with van der Waals surface area (Å²) >= 11 is 0. The van der Waals surface area contributed by atoms with Crippen LogP contribution in [0.15, 0.2) is 48.5 Å². The summed E-state index contributed by atoms with van der Waals surface area (Å²) in [4.78, 5) is 17.6. The molecule has 8 heteroatoms. The van der Waals surface area contributed by atoms with Crippen LogP contribution in [0.3, 0.4) is 0 Å². The molecule has 2 N–H and O–H groups in total. The normalized spacial score (nSPS) is 18.3. The van der Waals surface area contributed by atoms with Gasteiger partial charge in [0.25, 0.3) is 5.91 Å². The molecule has 1 atom stereocenters. The lowest BCUT2D eigenvalue weighted by Gasteiger charge is -2.31. The number of methoxy groups -OCH3 is 1. The number of likely N-dealkylation sites (tertiary alicyclic amines) is 1. The van der Waals surface area contributed by atoms with Gasteiger partial charge >= 0.3 is 0 Å². The van der Waals surface area contributed by atoms with Gasteiger partial charge in [-0.3, -0.25) is 14.4 Å². The van der Waals surface area contributed by atoms with Crippen LogP contribution in [-0.4, -0.2) is 68.5 Å². The van der Waals surface area contributed by atoms with Gasteiger partial charge in [-0.1, -0.05) is 24.3 Å². The van der Waals surface area contributed by atoms with Crippen molar-refractivity contribution in [2.75, 3.05) is 26.7 Å². The highest BCUT2D eigenvalue weighted by molar-refractivity contribution is 5.94. The highest BCUT2D eigenvalue weighted by atomic mass is 16.5. The van der Waals surface area contributed by atoms with E-state index in [-0.39, 0.29) is 11.7 Å². The first-order valence-corrected chi connectivity index (χ1v) is 12.2. The zero-order chi connectivity index (χ0) is 24.4. The van der Waals surface area contributed by atoms with Crippen LogP contribution in [0.25, 0.3) is 0 Å². The number of piperidine rings is 1. The smallest absolute Gasteiger partial charge is 0.274 e. The second kappa shape index (κ2) is 10.1. The summed E-state index contributed by atoms with van der Waals surface area (Å²) < 4.78 is 7.34. The molecule has 1 amide bonds. The van der Waals surface area contributed by atoms with E-state index in [0.717, 1.165) is 53.9 Å². The molecule has 2 aliphatic heterocycles. The third kappa shape index (κ3) is 5.18. The molecule has 2 aromatic carbocycles. The molecule has 8 nitrogen and oxygen atoms in total. The first kappa shape index (κ1) is 23.4. The molecule has 1 saturated heterocycles. The van der Waals surface area contributed by atoms with Crippen molar-refractivity contribution in [2.45, 2.75) is 45.0 Å². The second-order valence-electron chi connectivity index (χ2n) is 9.46. The monoisotopic (exact) mass is 476 g/mol. The van der Waals surface area contributed by atoms with Gasteiger partial charge in [0, 0.05) is 50.4 Å². The molecular weight excluding hydrogens is 444 g/mol. The number of phenolic OH excluding ortho intramolecular Hbond substituents is 1. The Labute approximate surface area is 205 Å². The average Bonchev–Trinajstić information content (AvgIpc) is 3.21. The number of phenols is 1. The fourth-order valence-electron chi connectivity index (χ4n) is 5.13. The third-order valence-electron chi connectivity index (χ3n) is 6.88. The summed E-state index contributed by atoms with van der Waals surface area (Å²) in [6.45, 7) is 3.68. The standard InChI is InChI=1S/C27H32N4O4/c1-35-23-9-3-6-20(14-23)16-31-25-10-12-29(15-19-5-2-7-21(32)13-19)18-24(25)26(28-31)27(34)30-11-4-8-22(33)17-30/h2-3,5-7,9,13-14,22,32-33H,4,8,10-12,15-18H2,1H3. The van der Waals surface area contributed by atoms with Crippen molar-refractivity contribution in [3.05, 3.63) is 76.6 Å². The minimum absolute atomic E-state index is 0.108. The molecule has 1 unspecified atom stereocenters. The van der Waals surface area contributed by atoms with Crippen molar-refractivity contribution in [3.63, 3.8) is 0 Å². The lowest BCUT2D eigenvalue weighted by molar-refractivity contribution is 0.0466. The van der Waals surface area contributed by atoms with Crippen LogP contribution < -0.4 is 4.74 Å². The van der Waals surface area contributed by atoms with E-state index in [9.17, 15) is 15.0 Å². The number of fused-ring (bicyclic) bond motifs is 1. The van der Waals surface area contributed by atoms with Gasteiger partial charge in [-0.25, -0.2) is 0 Å². The van der Waals surface area contributed by atoms with Crippen LogP contribution in [0.2, 0.25) is 0 Å². The predicted octanol–water partition coefficient (Wildman–Crippen LogP) is 2.80. The molecule has 1 fully saturated rings. The number of hydrogen-bond donors (Lipinski definition) is 2. The lowest BCUT2D eigenvalue weighted by atomic mass is 10.0. The van der Waals surface area contributed by atoms with Gasteiger partial charge in [-0.15, -0.1) is 0 Å². The van der Waals surface area contributed by atoms with E-state index in [4.69, 9.17) is 9.84 Å². The highest BCUT2D eigenvalue weighted by Crippen LogP contribution is 2.27. The molecular formula is C27H32N4O4. The molecule has 0 spiro atoms. The van der Waals surface area contributed by atoms with Gasteiger partial charge in [0.15, 0.2) is 5.69 Å². The van der Waals surface area contributed by atoms with Crippen LogP contribution >= 0.6 is 0 Å². The minimum atomic E-state index is -0.482. The highest BCUT2D eigenvalue weighted by Gasteiger charge is 2.32. The summed E-state index contributed by atoms with van der Waals surface area (Å²) in [7, 11) is 1.65. The van der Waals surface area contributed by atoms with E-state index in [1.54, 1.807) is 24.1 Å². The van der Waals surface area contributed by atoms with Crippen molar-refractivity contribution in [3.8, 4) is 11.5 Å². The molecule has 0 aliphatic carbocycles. The van der Waals surface area contributed by atoms with E-state index in [0.29, 0.717) is 38.4 Å². The van der Waals surface area contributed by atoms with Crippen molar-refractivity contribution in [2.24, 2.45) is 0 Å². The Morgan fingerprint density at radius 3 is 2.69 bits per heavy atom. The zero-order valence-corrected chi connectivity index (χ0v) is 20.1. The number of ether oxygens (including phenoxy) is 1. The van der Waals surface area contributed by atoms with Crippen molar-refractivity contribution in [1.82, 2.24) is 19.6 Å². The minimum Gasteiger partial charge on any atom is -0.508 e. The molecule has 0 saturated carbocycles. The predicted molar refractivity (Wildman–Crippen MR) is 131 cm³/mol. The number of aliphatic hydroxyl groups is 1. The first-order chi connectivity index (χ1) is 17.0. The summed E-state index contributed by atoms with van der Waals surface area (Å²) in [6.07, 6.45) is 1.82. The lowest BCUT2D eigenvalue weighted by Crippen LogP contribution is -2.43. The van der Waals surface area contributed by atoms with Gasteiger partial charge in [0.05, 0.1) is 19.8 Å². The van der Waals surface area contributed by atoms with Crippen molar-refractivity contribution in [1.29, 1.82) is 0 Å². The van der Waals surface area contributed by atoms with Crippen LogP contribution in [0, 0.1) is 0 Å². The Balaban J connectivity index is 1.45. The summed E-state index contributed by atoms with van der Waals surface area (Å²) in [6, 6.07) is 15.2. The Morgan fingerprint density at radius 2 is 1.91 bits per heavy atom. The number of carbonyl (C=O) groups is 1. The molecule has 2 aliphatic rings. The van der Waals surface area contributed by atoms with Crippen molar-refractivity contribution >= 4 is 5.91 Å². The molecule has 3 aromatic rings. The molecule has 1 aromatic heterocycles. The topological polar surface area (TPSA) is 91.1 Å². The Bertz CT molecular complexity index is 1210. The Kier molecular flexibility index (Phi) is 6.74. The fourth-order valence-corrected chi connectivity index (χ4v) is 5.13. The van der Waals surface area contributed by atoms with Gasteiger partial charge < -0.3 is 19.8 Å². The summed E-state index contributed by atoms with van der Waals surface area (Å²) in [5.74, 6) is 0.939. The molecule has 0 radical (unpaired) electrons. The number of nitrogens with zero attached hydrogens (tertiary/aromatic N) is 4. The van der Waals surface area contributed by atoms with Gasteiger partial charge in [0.1, 0.15) is 11.5 Å². The van der Waals surface area contributed by atoms with E-state index < -0.39 is 6.10 Å². The number of carbonyl (C=O) groups excluding carboxylic acids is 1. The number of hydrogen-bond acceptors (Lipinski definition) is 6. The largest absolute Gasteiger partial charge is 0.508 e. The van der Waals surface area contributed by atoms with Crippen LogP contribution in [0.5, 0.6) is 11.5 Å². The zero-order valence-electron chi connectivity index (χ0n) is 20.1. The molecule has 0 bridgehead atoms. The van der Waals surface area contributed by atoms with Gasteiger partial charge in [0.2, 0.25) is 0 Å². The van der Waals surface area contributed by atoms with Crippen LogP contribution in [0.1, 0.15) is 45.7 Å². The average molecular weight is 477 g/mol. The number of aliphatic hydroxyl groups excluding tert-OH is 1. The van der Waals surface area contributed by atoms with E-state index >= 15 is 0 Å². The quantitative estimate of drug-likeness (QED) is 0.569. The van der Waals surface area contributed by atoms with E-state index in [1.807, 2.05) is 41.1 Å². The van der Waals surface area contributed by atoms with Gasteiger partial charge in [-0.2, -0.15) is 5.10 Å². The molecule has 184 valence electrons. The molecule has 35 heavy (non-hydrogen) atoms. The number of benzene rings is 2. The summed E-state index contributed by atoms with van der Waals surface area (Å²) in [5.41, 5.74) is 4.62. The number of rotatable bonds is 6. The fraction of sp³-hybridized carbons (Fsp3) is 0.407. The maximum Gasteiger partial charge on any atom is 0.274 e. The van der Waals surface area contributed by atoms with Crippen LogP contribution in [-0.2, 0) is 26.1 Å². The first-order valence-electron chi connectivity index (χ1n) is 12.2. The molecule has 3 heterocycles. The van der Waals surface area contributed by atoms with E-state index in [2.05, 4.69) is 4.90 Å². The SMILES string of the molecule is COc1cccc(Cn2nc(C(=O)N3CCCC(O)C3)c3c2CCN(Cc2cccc(O)c2)C3)c1. The Hall–Kier alpha value is -3.36. The van der Waals surface area contributed by atoms with Gasteiger partial charge in [-0.05, 0) is 48.2 Å².